The number of hydrogen-bond donors (Lipinski definition) is 0. The molecule has 2 aromatic carbocycles. The molecule has 0 saturated heterocycles. The number of pyridine rings is 1. The van der Waals surface area contributed by atoms with Crippen LogP contribution in [0.4, 0.5) is 0 Å². The molecule has 5 nitrogen and oxygen atoms in total. The average Bonchev–Trinajstić information content (AvgIpc) is 3.14. The van der Waals surface area contributed by atoms with Gasteiger partial charge in [0.2, 0.25) is 0 Å². The molecule has 0 unspecified atom stereocenters. The SMILES string of the molecule is COc1ccc(-c2nc(-c3ccncc3)nn2-c2ccc(C)cc2C)cc1. The molecule has 5 heteroatoms. The molecule has 0 radical (unpaired) electrons. The molecular weight excluding hydrogens is 336 g/mol. The van der Waals surface area contributed by atoms with Crippen molar-refractivity contribution in [2.45, 2.75) is 13.8 Å². The van der Waals surface area contributed by atoms with E-state index in [-0.39, 0.29) is 0 Å². The van der Waals surface area contributed by atoms with Crippen LogP contribution in [0, 0.1) is 13.8 Å². The standard InChI is InChI=1S/C22H20N4O/c1-15-4-9-20(16(2)14-15)26-22(18-5-7-19(27-3)8-6-18)24-21(25-26)17-10-12-23-13-11-17/h4-14H,1-3H3. The third-order valence-electron chi connectivity index (χ3n) is 4.47. The molecule has 0 aliphatic heterocycles. The van der Waals surface area contributed by atoms with E-state index in [1.54, 1.807) is 19.5 Å². The number of aromatic nitrogens is 4. The Morgan fingerprint density at radius 2 is 1.59 bits per heavy atom. The minimum Gasteiger partial charge on any atom is -0.497 e. The monoisotopic (exact) mass is 356 g/mol. The molecule has 0 aliphatic rings. The first kappa shape index (κ1) is 17.0. The highest BCUT2D eigenvalue weighted by molar-refractivity contribution is 5.64. The second-order valence-electron chi connectivity index (χ2n) is 6.43. The van der Waals surface area contributed by atoms with Crippen LogP contribution in [0.5, 0.6) is 5.75 Å². The summed E-state index contributed by atoms with van der Waals surface area (Å²) < 4.78 is 7.19. The van der Waals surface area contributed by atoms with E-state index in [4.69, 9.17) is 14.8 Å². The predicted octanol–water partition coefficient (Wildman–Crippen LogP) is 4.62. The lowest BCUT2D eigenvalue weighted by atomic mass is 10.1. The Hall–Kier alpha value is -3.47. The lowest BCUT2D eigenvalue weighted by molar-refractivity contribution is 0.415. The maximum atomic E-state index is 5.28. The number of benzene rings is 2. The molecule has 0 atom stereocenters. The van der Waals surface area contributed by atoms with Crippen molar-refractivity contribution < 1.29 is 4.74 Å². The second kappa shape index (κ2) is 7.03. The Kier molecular flexibility index (Phi) is 4.42. The summed E-state index contributed by atoms with van der Waals surface area (Å²) in [6.45, 7) is 4.18. The summed E-state index contributed by atoms with van der Waals surface area (Å²) in [6, 6.07) is 18.0. The molecule has 0 fully saturated rings. The van der Waals surface area contributed by atoms with Crippen molar-refractivity contribution in [1.29, 1.82) is 0 Å². The molecule has 0 N–H and O–H groups in total. The topological polar surface area (TPSA) is 52.8 Å². The number of methoxy groups -OCH3 is 1. The number of rotatable bonds is 4. The lowest BCUT2D eigenvalue weighted by Gasteiger charge is -2.10. The molecule has 4 rings (SSSR count). The first-order valence-corrected chi connectivity index (χ1v) is 8.75. The Balaban J connectivity index is 1.90. The summed E-state index contributed by atoms with van der Waals surface area (Å²) in [5.74, 6) is 2.27. The number of aryl methyl sites for hydroxylation is 2. The molecule has 0 amide bonds. The van der Waals surface area contributed by atoms with E-state index >= 15 is 0 Å². The quantitative estimate of drug-likeness (QED) is 0.535. The summed E-state index contributed by atoms with van der Waals surface area (Å²) >= 11 is 0. The maximum absolute atomic E-state index is 5.28. The Labute approximate surface area is 158 Å². The van der Waals surface area contributed by atoms with E-state index in [0.29, 0.717) is 5.82 Å². The van der Waals surface area contributed by atoms with E-state index < -0.39 is 0 Å². The summed E-state index contributed by atoms with van der Waals surface area (Å²) in [5, 5.41) is 4.81. The van der Waals surface area contributed by atoms with Crippen LogP contribution in [-0.4, -0.2) is 26.9 Å². The van der Waals surface area contributed by atoms with Crippen molar-refractivity contribution in [3.8, 4) is 34.2 Å². The largest absolute Gasteiger partial charge is 0.497 e. The van der Waals surface area contributed by atoms with Crippen LogP contribution in [0.2, 0.25) is 0 Å². The zero-order chi connectivity index (χ0) is 18.8. The van der Waals surface area contributed by atoms with Gasteiger partial charge in [-0.3, -0.25) is 4.98 Å². The van der Waals surface area contributed by atoms with Crippen molar-refractivity contribution in [3.63, 3.8) is 0 Å². The van der Waals surface area contributed by atoms with Crippen LogP contribution in [0.15, 0.2) is 67.0 Å². The van der Waals surface area contributed by atoms with Gasteiger partial charge in [0.15, 0.2) is 11.6 Å². The van der Waals surface area contributed by atoms with Crippen LogP contribution < -0.4 is 4.74 Å². The average molecular weight is 356 g/mol. The number of nitrogens with zero attached hydrogens (tertiary/aromatic N) is 4. The minimum absolute atomic E-state index is 0.670. The third-order valence-corrected chi connectivity index (χ3v) is 4.47. The van der Waals surface area contributed by atoms with Gasteiger partial charge in [-0.1, -0.05) is 17.7 Å². The molecule has 0 spiro atoms. The smallest absolute Gasteiger partial charge is 0.182 e. The number of hydrogen-bond acceptors (Lipinski definition) is 4. The van der Waals surface area contributed by atoms with Gasteiger partial charge in [0, 0.05) is 23.5 Å². The van der Waals surface area contributed by atoms with Gasteiger partial charge in [-0.25, -0.2) is 9.67 Å². The van der Waals surface area contributed by atoms with E-state index in [1.807, 2.05) is 41.1 Å². The van der Waals surface area contributed by atoms with Gasteiger partial charge >= 0.3 is 0 Å². The van der Waals surface area contributed by atoms with E-state index in [1.165, 1.54) is 5.56 Å². The molecule has 0 bridgehead atoms. The third kappa shape index (κ3) is 3.31. The van der Waals surface area contributed by atoms with Crippen molar-refractivity contribution in [2.24, 2.45) is 0 Å². The van der Waals surface area contributed by atoms with Gasteiger partial charge in [-0.2, -0.15) is 0 Å². The van der Waals surface area contributed by atoms with Crippen molar-refractivity contribution in [3.05, 3.63) is 78.1 Å². The molecule has 0 aliphatic carbocycles. The van der Waals surface area contributed by atoms with E-state index in [0.717, 1.165) is 34.0 Å². The molecule has 0 saturated carbocycles. The normalized spacial score (nSPS) is 10.8. The van der Waals surface area contributed by atoms with Crippen molar-refractivity contribution in [2.75, 3.05) is 7.11 Å². The Bertz CT molecular complexity index is 1070. The van der Waals surface area contributed by atoms with Crippen LogP contribution >= 0.6 is 0 Å². The predicted molar refractivity (Wildman–Crippen MR) is 106 cm³/mol. The molecule has 4 aromatic rings. The summed E-state index contributed by atoms with van der Waals surface area (Å²) in [5.41, 5.74) is 5.29. The second-order valence-corrected chi connectivity index (χ2v) is 6.43. The van der Waals surface area contributed by atoms with E-state index in [9.17, 15) is 0 Å². The fourth-order valence-corrected chi connectivity index (χ4v) is 3.07. The molecule has 2 aromatic heterocycles. The zero-order valence-corrected chi connectivity index (χ0v) is 15.5. The maximum Gasteiger partial charge on any atom is 0.182 e. The van der Waals surface area contributed by atoms with Gasteiger partial charge in [0.05, 0.1) is 12.8 Å². The number of ether oxygens (including phenoxy) is 1. The summed E-state index contributed by atoms with van der Waals surface area (Å²) in [6.07, 6.45) is 3.50. The molecule has 134 valence electrons. The molecule has 2 heterocycles. The first-order valence-electron chi connectivity index (χ1n) is 8.75. The van der Waals surface area contributed by atoms with Gasteiger partial charge in [-0.15, -0.1) is 5.10 Å². The summed E-state index contributed by atoms with van der Waals surface area (Å²) in [4.78, 5) is 8.91. The van der Waals surface area contributed by atoms with Gasteiger partial charge in [0.1, 0.15) is 5.75 Å². The van der Waals surface area contributed by atoms with Crippen LogP contribution in [0.3, 0.4) is 0 Å². The Morgan fingerprint density at radius 3 is 2.26 bits per heavy atom. The van der Waals surface area contributed by atoms with Gasteiger partial charge in [0.25, 0.3) is 0 Å². The van der Waals surface area contributed by atoms with Gasteiger partial charge < -0.3 is 4.74 Å². The van der Waals surface area contributed by atoms with Gasteiger partial charge in [-0.05, 0) is 61.9 Å². The zero-order valence-electron chi connectivity index (χ0n) is 15.5. The fourth-order valence-electron chi connectivity index (χ4n) is 3.07. The highest BCUT2D eigenvalue weighted by atomic mass is 16.5. The van der Waals surface area contributed by atoms with Crippen LogP contribution in [0.25, 0.3) is 28.5 Å². The van der Waals surface area contributed by atoms with Crippen LogP contribution in [0.1, 0.15) is 11.1 Å². The molecule has 27 heavy (non-hydrogen) atoms. The highest BCUT2D eigenvalue weighted by Gasteiger charge is 2.16. The molecular formula is C22H20N4O. The lowest BCUT2D eigenvalue weighted by Crippen LogP contribution is -2.02. The minimum atomic E-state index is 0.670. The summed E-state index contributed by atoms with van der Waals surface area (Å²) in [7, 11) is 1.66. The van der Waals surface area contributed by atoms with Crippen molar-refractivity contribution in [1.82, 2.24) is 19.7 Å². The first-order chi connectivity index (χ1) is 13.2. The van der Waals surface area contributed by atoms with Crippen LogP contribution in [-0.2, 0) is 0 Å². The van der Waals surface area contributed by atoms with E-state index in [2.05, 4.69) is 37.0 Å². The highest BCUT2D eigenvalue weighted by Crippen LogP contribution is 2.28. The Morgan fingerprint density at radius 1 is 0.852 bits per heavy atom. The van der Waals surface area contributed by atoms with Crippen molar-refractivity contribution >= 4 is 0 Å². The fraction of sp³-hybridized carbons (Fsp3) is 0.136.